The molecular formula is C22H23ClN4O2S. The summed E-state index contributed by atoms with van der Waals surface area (Å²) in [7, 11) is 0. The van der Waals surface area contributed by atoms with Gasteiger partial charge in [-0.15, -0.1) is 0 Å². The maximum absolute atomic E-state index is 6.59. The summed E-state index contributed by atoms with van der Waals surface area (Å²) in [5.41, 5.74) is 1.13. The molecule has 0 aliphatic carbocycles. The highest BCUT2D eigenvalue weighted by Crippen LogP contribution is 2.42. The van der Waals surface area contributed by atoms with E-state index in [0.29, 0.717) is 22.4 Å². The third-order valence-corrected chi connectivity index (χ3v) is 7.50. The Balaban J connectivity index is 1.26. The van der Waals surface area contributed by atoms with E-state index in [0.717, 1.165) is 53.8 Å². The number of benzene rings is 1. The van der Waals surface area contributed by atoms with Gasteiger partial charge in [0, 0.05) is 18.0 Å². The van der Waals surface area contributed by atoms with E-state index < -0.39 is 0 Å². The van der Waals surface area contributed by atoms with Gasteiger partial charge in [0.05, 0.1) is 41.9 Å². The third-order valence-electron chi connectivity index (χ3n) is 6.00. The first kappa shape index (κ1) is 19.8. The maximum Gasteiger partial charge on any atom is 0.227 e. The number of anilines is 1. The molecule has 5 rings (SSSR count). The molecule has 0 amide bonds. The molecule has 2 aliphatic rings. The monoisotopic (exact) mass is 442 g/mol. The van der Waals surface area contributed by atoms with Gasteiger partial charge in [0.1, 0.15) is 17.1 Å². The SMILES string of the molecule is C[C@H]1CC2(CCN(c3cnc(Sc4cccc(-c5ncco5)c4Cl)cn3)CC2)CO1. The lowest BCUT2D eigenvalue weighted by atomic mass is 9.77. The van der Waals surface area contributed by atoms with Crippen molar-refractivity contribution in [1.29, 1.82) is 0 Å². The molecule has 0 bridgehead atoms. The van der Waals surface area contributed by atoms with Crippen LogP contribution in [0.25, 0.3) is 11.5 Å². The standard InChI is InChI=1S/C22H23ClN4O2S/c1-15-11-22(14-29-15)5-8-27(9-6-22)18-12-26-19(13-25-18)30-17-4-2-3-16(20(17)23)21-24-7-10-28-21/h2-4,7,10,12-13,15H,5-6,8-9,11,14H2,1H3/t15-/m0/s1. The highest BCUT2D eigenvalue weighted by molar-refractivity contribution is 7.99. The molecule has 2 fully saturated rings. The predicted molar refractivity (Wildman–Crippen MR) is 117 cm³/mol. The molecule has 6 nitrogen and oxygen atoms in total. The fraction of sp³-hybridized carbons (Fsp3) is 0.409. The lowest BCUT2D eigenvalue weighted by molar-refractivity contribution is 0.0976. The first-order valence-electron chi connectivity index (χ1n) is 10.2. The van der Waals surface area contributed by atoms with Crippen molar-refractivity contribution in [3.63, 3.8) is 0 Å². The van der Waals surface area contributed by atoms with Crippen molar-refractivity contribution in [3.8, 4) is 11.5 Å². The van der Waals surface area contributed by atoms with Crippen LogP contribution in [0.2, 0.25) is 5.02 Å². The van der Waals surface area contributed by atoms with Crippen LogP contribution >= 0.6 is 23.4 Å². The Kier molecular flexibility index (Phi) is 5.43. The Bertz CT molecular complexity index is 1000. The summed E-state index contributed by atoms with van der Waals surface area (Å²) in [6.07, 6.45) is 10.7. The molecule has 1 aromatic carbocycles. The smallest absolute Gasteiger partial charge is 0.227 e. The van der Waals surface area contributed by atoms with Crippen molar-refractivity contribution in [2.75, 3.05) is 24.6 Å². The van der Waals surface area contributed by atoms with Crippen LogP contribution in [0, 0.1) is 5.41 Å². The lowest BCUT2D eigenvalue weighted by Crippen LogP contribution is -2.41. The summed E-state index contributed by atoms with van der Waals surface area (Å²) in [4.78, 5) is 16.7. The maximum atomic E-state index is 6.59. The van der Waals surface area contributed by atoms with Gasteiger partial charge >= 0.3 is 0 Å². The van der Waals surface area contributed by atoms with Gasteiger partial charge in [-0.1, -0.05) is 29.4 Å². The van der Waals surface area contributed by atoms with Gasteiger partial charge in [0.2, 0.25) is 5.89 Å². The fourth-order valence-electron chi connectivity index (χ4n) is 4.35. The summed E-state index contributed by atoms with van der Waals surface area (Å²) >= 11 is 8.07. The molecule has 0 radical (unpaired) electrons. The van der Waals surface area contributed by atoms with E-state index in [1.807, 2.05) is 30.6 Å². The van der Waals surface area contributed by atoms with Crippen molar-refractivity contribution >= 4 is 29.2 Å². The van der Waals surface area contributed by atoms with E-state index in [9.17, 15) is 0 Å². The zero-order chi connectivity index (χ0) is 20.6. The molecule has 0 N–H and O–H groups in total. The van der Waals surface area contributed by atoms with E-state index >= 15 is 0 Å². The number of rotatable bonds is 4. The summed E-state index contributed by atoms with van der Waals surface area (Å²) < 4.78 is 11.2. The summed E-state index contributed by atoms with van der Waals surface area (Å²) in [5.74, 6) is 1.44. The second kappa shape index (κ2) is 8.21. The number of piperidine rings is 1. The molecule has 1 spiro atoms. The highest BCUT2D eigenvalue weighted by atomic mass is 35.5. The highest BCUT2D eigenvalue weighted by Gasteiger charge is 2.41. The van der Waals surface area contributed by atoms with Gasteiger partial charge in [-0.2, -0.15) is 0 Å². The molecule has 2 aliphatic heterocycles. The Morgan fingerprint density at radius 2 is 2.03 bits per heavy atom. The normalized spacial score (nSPS) is 20.7. The molecule has 3 aromatic rings. The predicted octanol–water partition coefficient (Wildman–Crippen LogP) is 5.33. The van der Waals surface area contributed by atoms with Gasteiger partial charge in [0.25, 0.3) is 0 Å². The Labute approximate surface area is 185 Å². The van der Waals surface area contributed by atoms with Gasteiger partial charge in [0.15, 0.2) is 0 Å². The van der Waals surface area contributed by atoms with Crippen LogP contribution in [0.4, 0.5) is 5.82 Å². The largest absolute Gasteiger partial charge is 0.444 e. The number of oxazole rings is 1. The molecule has 1 atom stereocenters. The average Bonchev–Trinajstić information content (AvgIpc) is 3.41. The molecule has 0 unspecified atom stereocenters. The lowest BCUT2D eigenvalue weighted by Gasteiger charge is -2.38. The molecule has 156 valence electrons. The van der Waals surface area contributed by atoms with E-state index in [4.69, 9.17) is 20.8 Å². The van der Waals surface area contributed by atoms with Crippen molar-refractivity contribution in [2.45, 2.75) is 42.2 Å². The zero-order valence-electron chi connectivity index (χ0n) is 16.8. The molecule has 2 aromatic heterocycles. The van der Waals surface area contributed by atoms with E-state index in [1.54, 1.807) is 12.5 Å². The van der Waals surface area contributed by atoms with Crippen molar-refractivity contribution < 1.29 is 9.15 Å². The van der Waals surface area contributed by atoms with Crippen LogP contribution in [0.1, 0.15) is 26.2 Å². The number of halogens is 1. The van der Waals surface area contributed by atoms with Crippen molar-refractivity contribution in [3.05, 3.63) is 48.1 Å². The Morgan fingerprint density at radius 1 is 1.17 bits per heavy atom. The van der Waals surface area contributed by atoms with Crippen LogP contribution in [0.5, 0.6) is 0 Å². The van der Waals surface area contributed by atoms with Crippen molar-refractivity contribution in [2.24, 2.45) is 5.41 Å². The second-order valence-electron chi connectivity index (χ2n) is 8.08. The minimum atomic E-state index is 0.365. The molecular weight excluding hydrogens is 420 g/mol. The summed E-state index contributed by atoms with van der Waals surface area (Å²) in [5, 5.41) is 1.40. The van der Waals surface area contributed by atoms with Gasteiger partial charge < -0.3 is 14.1 Å². The minimum Gasteiger partial charge on any atom is -0.444 e. The third kappa shape index (κ3) is 3.94. The Morgan fingerprint density at radius 3 is 2.70 bits per heavy atom. The fourth-order valence-corrected chi connectivity index (χ4v) is 5.46. The van der Waals surface area contributed by atoms with Crippen LogP contribution in [0.15, 0.2) is 57.4 Å². The number of hydrogen-bond donors (Lipinski definition) is 0. The summed E-state index contributed by atoms with van der Waals surface area (Å²) in [6.45, 7) is 5.08. The van der Waals surface area contributed by atoms with Crippen molar-refractivity contribution in [1.82, 2.24) is 15.0 Å². The molecule has 4 heterocycles. The quantitative estimate of drug-likeness (QED) is 0.540. The zero-order valence-corrected chi connectivity index (χ0v) is 18.3. The average molecular weight is 443 g/mol. The summed E-state index contributed by atoms with van der Waals surface area (Å²) in [6, 6.07) is 5.79. The van der Waals surface area contributed by atoms with Crippen LogP contribution < -0.4 is 4.90 Å². The Hall–Kier alpha value is -2.09. The minimum absolute atomic E-state index is 0.365. The van der Waals surface area contributed by atoms with Gasteiger partial charge in [-0.3, -0.25) is 0 Å². The molecule has 0 saturated carbocycles. The number of nitrogens with zero attached hydrogens (tertiary/aromatic N) is 4. The van der Waals surface area contributed by atoms with E-state index in [-0.39, 0.29) is 0 Å². The topological polar surface area (TPSA) is 64.3 Å². The van der Waals surface area contributed by atoms with E-state index in [2.05, 4.69) is 26.8 Å². The molecule has 30 heavy (non-hydrogen) atoms. The van der Waals surface area contributed by atoms with Crippen LogP contribution in [-0.4, -0.2) is 40.8 Å². The number of hydrogen-bond acceptors (Lipinski definition) is 7. The molecule has 2 saturated heterocycles. The van der Waals surface area contributed by atoms with Gasteiger partial charge in [-0.05, 0) is 43.7 Å². The van der Waals surface area contributed by atoms with Crippen LogP contribution in [0.3, 0.4) is 0 Å². The van der Waals surface area contributed by atoms with E-state index in [1.165, 1.54) is 18.2 Å². The second-order valence-corrected chi connectivity index (χ2v) is 9.52. The first-order chi connectivity index (χ1) is 14.6. The first-order valence-corrected chi connectivity index (χ1v) is 11.4. The number of ether oxygens (including phenoxy) is 1. The molecule has 8 heteroatoms. The van der Waals surface area contributed by atoms with Gasteiger partial charge in [-0.25, -0.2) is 15.0 Å². The van der Waals surface area contributed by atoms with Crippen LogP contribution in [-0.2, 0) is 4.74 Å². The number of aromatic nitrogens is 3.